The molecule has 0 radical (unpaired) electrons. The number of nitrogens with zero attached hydrogens (tertiary/aromatic N) is 5. The number of halogens is 2. The second-order valence-electron chi connectivity index (χ2n) is 10.3. The van der Waals surface area contributed by atoms with E-state index < -0.39 is 17.2 Å². The Bertz CT molecular complexity index is 1790. The van der Waals surface area contributed by atoms with E-state index >= 15 is 8.78 Å². The van der Waals surface area contributed by atoms with Crippen molar-refractivity contribution in [2.24, 2.45) is 0 Å². The average molecular weight is 543 g/mol. The Morgan fingerprint density at radius 1 is 1.20 bits per heavy atom. The van der Waals surface area contributed by atoms with E-state index in [-0.39, 0.29) is 46.0 Å². The van der Waals surface area contributed by atoms with Crippen molar-refractivity contribution in [2.75, 3.05) is 19.3 Å². The van der Waals surface area contributed by atoms with Crippen LogP contribution < -0.4 is 11.3 Å². The van der Waals surface area contributed by atoms with Gasteiger partial charge in [0.25, 0.3) is 5.56 Å². The number of carbonyl (C=O) groups excluding carboxylic acids is 1. The Morgan fingerprint density at radius 3 is 2.60 bits per heavy atom. The quantitative estimate of drug-likeness (QED) is 0.304. The number of likely N-dealkylation sites (N-methyl/N-ethyl adjacent to an activating group) is 1. The zero-order chi connectivity index (χ0) is 29.4. The molecule has 10 heteroatoms. The summed E-state index contributed by atoms with van der Waals surface area (Å²) in [6, 6.07) is 5.45. The van der Waals surface area contributed by atoms with Gasteiger partial charge >= 0.3 is 0 Å². The largest absolute Gasteiger partial charge is 0.383 e. The van der Waals surface area contributed by atoms with E-state index in [4.69, 9.17) is 5.73 Å². The molecule has 0 aliphatic heterocycles. The molecule has 4 rings (SSSR count). The molecule has 4 aromatic rings. The summed E-state index contributed by atoms with van der Waals surface area (Å²) in [7, 11) is 1.56. The maximum Gasteiger partial charge on any atom is 0.282 e. The Morgan fingerprint density at radius 2 is 1.93 bits per heavy atom. The maximum absolute atomic E-state index is 15.2. The number of fused-ring (bicyclic) bond motifs is 1. The minimum absolute atomic E-state index is 0.0538. The first-order chi connectivity index (χ1) is 18.8. The fraction of sp³-hybridized carbons (Fsp3) is 0.233. The molecule has 0 aliphatic carbocycles. The summed E-state index contributed by atoms with van der Waals surface area (Å²) in [5.74, 6) is 4.10. The lowest BCUT2D eigenvalue weighted by Gasteiger charge is -2.20. The van der Waals surface area contributed by atoms with E-state index in [9.17, 15) is 9.59 Å². The lowest BCUT2D eigenvalue weighted by Crippen LogP contribution is -2.24. The normalized spacial score (nSPS) is 11.2. The summed E-state index contributed by atoms with van der Waals surface area (Å²) in [6.07, 6.45) is 3.78. The molecule has 40 heavy (non-hydrogen) atoms. The standard InChI is InChI=1S/C30H28F2N6O2/c1-7-25(39)37(6)10-8-9-21-27(34-16-35-28(21)33)22-13-20(31)14-24(17(22)2)38-29(40)26-18(15-36-38)11-19(12-23(26)32)30(3,4)5/h7,11-16H,1,10H2,2-6H3,(H2,33,34,35). The zero-order valence-corrected chi connectivity index (χ0v) is 22.8. The molecule has 0 saturated heterocycles. The molecular formula is C30H28F2N6O2. The maximum atomic E-state index is 15.2. The Hall–Kier alpha value is -4.91. The summed E-state index contributed by atoms with van der Waals surface area (Å²) in [6.45, 7) is 11.0. The van der Waals surface area contributed by atoms with Gasteiger partial charge in [0.15, 0.2) is 0 Å². The van der Waals surface area contributed by atoms with Crippen LogP contribution in [0.5, 0.6) is 0 Å². The number of benzene rings is 2. The molecule has 0 bridgehead atoms. The molecular weight excluding hydrogens is 514 g/mol. The van der Waals surface area contributed by atoms with E-state index in [0.717, 1.165) is 16.3 Å². The molecule has 1 amide bonds. The van der Waals surface area contributed by atoms with E-state index in [1.54, 1.807) is 20.0 Å². The van der Waals surface area contributed by atoms with Crippen LogP contribution in [0.4, 0.5) is 14.6 Å². The molecule has 0 unspecified atom stereocenters. The SMILES string of the molecule is C=CC(=O)N(C)CC#Cc1c(N)ncnc1-c1cc(F)cc(-n2ncc3cc(C(C)(C)C)cc(F)c3c2=O)c1C. The number of nitrogen functional groups attached to an aromatic ring is 1. The average Bonchev–Trinajstić information content (AvgIpc) is 2.89. The van der Waals surface area contributed by atoms with Gasteiger partial charge in [0, 0.05) is 18.0 Å². The van der Waals surface area contributed by atoms with Crippen LogP contribution in [0, 0.1) is 30.4 Å². The van der Waals surface area contributed by atoms with Gasteiger partial charge in [-0.05, 0) is 53.8 Å². The molecule has 0 aliphatic rings. The highest BCUT2D eigenvalue weighted by Gasteiger charge is 2.21. The summed E-state index contributed by atoms with van der Waals surface area (Å²) < 4.78 is 31.2. The molecule has 0 saturated carbocycles. The highest BCUT2D eigenvalue weighted by atomic mass is 19.1. The fourth-order valence-corrected chi connectivity index (χ4v) is 4.18. The Kier molecular flexibility index (Phi) is 7.51. The van der Waals surface area contributed by atoms with Crippen LogP contribution in [0.3, 0.4) is 0 Å². The molecule has 204 valence electrons. The third kappa shape index (κ3) is 5.31. The molecule has 0 spiro atoms. The predicted molar refractivity (Wildman–Crippen MR) is 151 cm³/mol. The van der Waals surface area contributed by atoms with Gasteiger partial charge in [0.1, 0.15) is 23.8 Å². The van der Waals surface area contributed by atoms with E-state index in [2.05, 4.69) is 33.5 Å². The fourth-order valence-electron chi connectivity index (χ4n) is 4.18. The van der Waals surface area contributed by atoms with Gasteiger partial charge in [-0.2, -0.15) is 9.78 Å². The van der Waals surface area contributed by atoms with E-state index in [1.165, 1.54) is 35.6 Å². The number of hydrogen-bond acceptors (Lipinski definition) is 6. The topological polar surface area (TPSA) is 107 Å². The van der Waals surface area contributed by atoms with Crippen molar-refractivity contribution >= 4 is 22.5 Å². The van der Waals surface area contributed by atoms with Crippen LogP contribution in [-0.4, -0.2) is 44.1 Å². The van der Waals surface area contributed by atoms with Crippen molar-refractivity contribution in [2.45, 2.75) is 33.1 Å². The first kappa shape index (κ1) is 28.1. The zero-order valence-electron chi connectivity index (χ0n) is 22.8. The first-order valence-corrected chi connectivity index (χ1v) is 12.3. The number of rotatable bonds is 4. The molecule has 2 N–H and O–H groups in total. The number of amides is 1. The smallest absolute Gasteiger partial charge is 0.282 e. The molecule has 8 nitrogen and oxygen atoms in total. The minimum atomic E-state index is -0.729. The van der Waals surface area contributed by atoms with Crippen molar-refractivity contribution in [3.05, 3.63) is 88.1 Å². The van der Waals surface area contributed by atoms with Gasteiger partial charge in [-0.1, -0.05) is 39.2 Å². The van der Waals surface area contributed by atoms with Gasteiger partial charge in [0.2, 0.25) is 5.91 Å². The number of carbonyl (C=O) groups is 1. The lowest BCUT2D eigenvalue weighted by molar-refractivity contribution is -0.124. The van der Waals surface area contributed by atoms with Crippen LogP contribution in [0.1, 0.15) is 37.5 Å². The Labute approximate surface area is 230 Å². The summed E-state index contributed by atoms with van der Waals surface area (Å²) in [4.78, 5) is 34.8. The van der Waals surface area contributed by atoms with Crippen molar-refractivity contribution in [3.63, 3.8) is 0 Å². The minimum Gasteiger partial charge on any atom is -0.383 e. The predicted octanol–water partition coefficient (Wildman–Crippen LogP) is 4.30. The van der Waals surface area contributed by atoms with Crippen LogP contribution >= 0.6 is 0 Å². The number of nitrogens with two attached hydrogens (primary N) is 1. The highest BCUT2D eigenvalue weighted by Crippen LogP contribution is 2.31. The molecule has 2 heterocycles. The van der Waals surface area contributed by atoms with Crippen LogP contribution in [0.25, 0.3) is 27.7 Å². The van der Waals surface area contributed by atoms with Gasteiger partial charge in [-0.15, -0.1) is 0 Å². The molecule has 0 atom stereocenters. The third-order valence-corrected chi connectivity index (χ3v) is 6.49. The monoisotopic (exact) mass is 542 g/mol. The first-order valence-electron chi connectivity index (χ1n) is 12.3. The molecule has 0 fully saturated rings. The van der Waals surface area contributed by atoms with Crippen molar-refractivity contribution in [1.82, 2.24) is 24.6 Å². The second kappa shape index (κ2) is 10.7. The van der Waals surface area contributed by atoms with Gasteiger partial charge in [-0.25, -0.2) is 18.7 Å². The van der Waals surface area contributed by atoms with E-state index in [0.29, 0.717) is 16.5 Å². The lowest BCUT2D eigenvalue weighted by atomic mass is 9.86. The number of anilines is 1. The van der Waals surface area contributed by atoms with Gasteiger partial charge in [-0.3, -0.25) is 9.59 Å². The second-order valence-corrected chi connectivity index (χ2v) is 10.3. The number of aromatic nitrogens is 4. The van der Waals surface area contributed by atoms with Crippen molar-refractivity contribution in [3.8, 4) is 28.8 Å². The third-order valence-electron chi connectivity index (χ3n) is 6.49. The van der Waals surface area contributed by atoms with Gasteiger partial charge < -0.3 is 10.6 Å². The van der Waals surface area contributed by atoms with Crippen molar-refractivity contribution < 1.29 is 13.6 Å². The van der Waals surface area contributed by atoms with E-state index in [1.807, 2.05) is 20.8 Å². The molecule has 2 aromatic heterocycles. The van der Waals surface area contributed by atoms with Gasteiger partial charge in [0.05, 0.1) is 35.1 Å². The Balaban J connectivity index is 1.88. The van der Waals surface area contributed by atoms with Crippen LogP contribution in [0.15, 0.2) is 54.2 Å². The molecule has 2 aromatic carbocycles. The highest BCUT2D eigenvalue weighted by molar-refractivity contribution is 5.87. The van der Waals surface area contributed by atoms with Crippen LogP contribution in [0.2, 0.25) is 0 Å². The van der Waals surface area contributed by atoms with Crippen LogP contribution in [-0.2, 0) is 10.2 Å². The summed E-state index contributed by atoms with van der Waals surface area (Å²) in [5.41, 5.74) is 7.02. The van der Waals surface area contributed by atoms with Crippen molar-refractivity contribution in [1.29, 1.82) is 0 Å². The summed E-state index contributed by atoms with van der Waals surface area (Å²) in [5, 5.41) is 4.45. The number of hydrogen-bond donors (Lipinski definition) is 1. The summed E-state index contributed by atoms with van der Waals surface area (Å²) >= 11 is 0.